The monoisotopic (exact) mass is 392 g/mol. The molecule has 0 spiro atoms. The molecule has 3 nitrogen and oxygen atoms in total. The number of esters is 1. The minimum atomic E-state index is -2.53. The zero-order valence-electron chi connectivity index (χ0n) is 17.1. The number of carbonyl (C=O) groups excluding carboxylic acids is 1. The fraction of sp³-hybridized carbons (Fsp3) is 0.292. The van der Waals surface area contributed by atoms with E-state index >= 15 is 0 Å². The van der Waals surface area contributed by atoms with Gasteiger partial charge in [0.05, 0.1) is 6.61 Å². The average molecular weight is 393 g/mol. The van der Waals surface area contributed by atoms with Gasteiger partial charge in [-0.15, -0.1) is 0 Å². The molecule has 0 N–H and O–H groups in total. The molecule has 0 saturated heterocycles. The maximum Gasteiger partial charge on any atom is 0.384 e. The Morgan fingerprint density at radius 1 is 0.929 bits per heavy atom. The number of carbonyl (C=O) groups is 1. The fourth-order valence-corrected chi connectivity index (χ4v) is 7.83. The highest BCUT2D eigenvalue weighted by Crippen LogP contribution is 2.36. The van der Waals surface area contributed by atoms with Gasteiger partial charge in [0, 0.05) is 5.92 Å². The zero-order chi connectivity index (χ0) is 20.5. The molecule has 0 bridgehead atoms. The summed E-state index contributed by atoms with van der Waals surface area (Å²) in [5.41, 5.74) is 0. The molecule has 0 aromatic heterocycles. The Morgan fingerprint density at radius 2 is 1.43 bits per heavy atom. The molecule has 0 aliphatic carbocycles. The van der Waals surface area contributed by atoms with Crippen molar-refractivity contribution in [3.05, 3.63) is 72.8 Å². The van der Waals surface area contributed by atoms with Crippen molar-refractivity contribution in [2.75, 3.05) is 13.2 Å². The average Bonchev–Trinajstić information content (AvgIpc) is 2.68. The molecule has 28 heavy (non-hydrogen) atoms. The lowest BCUT2D eigenvalue weighted by Crippen LogP contribution is -2.66. The number of ether oxygens (including phenoxy) is 1. The van der Waals surface area contributed by atoms with E-state index in [1.54, 1.807) is 13.0 Å². The smallest absolute Gasteiger partial charge is 0.384 e. The van der Waals surface area contributed by atoms with Gasteiger partial charge < -0.3 is 9.16 Å². The van der Waals surface area contributed by atoms with Crippen LogP contribution in [0.4, 0.5) is 0 Å². The predicted octanol–water partition coefficient (Wildman–Crippen LogP) is 3.69. The topological polar surface area (TPSA) is 35.5 Å². The van der Waals surface area contributed by atoms with Gasteiger partial charge in [-0.2, -0.15) is 0 Å². The molecule has 146 valence electrons. The molecule has 2 rings (SSSR count). The van der Waals surface area contributed by atoms with E-state index in [-0.39, 0.29) is 11.6 Å². The quantitative estimate of drug-likeness (QED) is 0.237. The second-order valence-corrected chi connectivity index (χ2v) is 11.7. The van der Waals surface area contributed by atoms with Crippen molar-refractivity contribution in [1.82, 2.24) is 0 Å². The van der Waals surface area contributed by atoms with Crippen LogP contribution in [0.25, 0.3) is 0 Å². The normalized spacial score (nSPS) is 11.7. The van der Waals surface area contributed by atoms with E-state index in [0.29, 0.717) is 6.61 Å². The Balaban J connectivity index is 2.27. The molecule has 2 aromatic carbocycles. The summed E-state index contributed by atoms with van der Waals surface area (Å²) < 4.78 is 11.7. The number of rotatable bonds is 7. The molecular weight excluding hydrogens is 364 g/mol. The third-order valence-electron chi connectivity index (χ3n) is 4.52. The van der Waals surface area contributed by atoms with Gasteiger partial charge in [0.2, 0.25) is 0 Å². The Bertz CT molecular complexity index is 801. The van der Waals surface area contributed by atoms with Gasteiger partial charge >= 0.3 is 5.97 Å². The molecular formula is C24H28O3Si. The van der Waals surface area contributed by atoms with E-state index in [2.05, 4.69) is 81.1 Å². The second kappa shape index (κ2) is 10.1. The first kappa shape index (κ1) is 21.7. The lowest BCUT2D eigenvalue weighted by atomic mass is 10.2. The van der Waals surface area contributed by atoms with E-state index in [9.17, 15) is 4.79 Å². The Kier molecular flexibility index (Phi) is 7.80. The first-order chi connectivity index (χ1) is 13.4. The molecule has 0 fully saturated rings. The largest absolute Gasteiger partial charge is 0.452 e. The summed E-state index contributed by atoms with van der Waals surface area (Å²) >= 11 is 0. The van der Waals surface area contributed by atoms with E-state index in [1.165, 1.54) is 10.4 Å². The summed E-state index contributed by atoms with van der Waals surface area (Å²) in [5.74, 6) is 4.36. The standard InChI is InChI=1S/C24H28O3Si/c1-5-14-23(25)26-19-12-13-20-27-28(24(2,3)4,21-15-8-6-9-16-21)22-17-10-7-11-18-22/h6-13,15-18H,19-20H2,1-4H3/b13-12-. The molecule has 4 heteroatoms. The summed E-state index contributed by atoms with van der Waals surface area (Å²) in [6, 6.07) is 21.0. The molecule has 0 heterocycles. The molecule has 0 amide bonds. The van der Waals surface area contributed by atoms with Gasteiger partial charge in [-0.1, -0.05) is 93.4 Å². The minimum absolute atomic E-state index is 0.0628. The van der Waals surface area contributed by atoms with Crippen molar-refractivity contribution in [2.45, 2.75) is 32.7 Å². The summed E-state index contributed by atoms with van der Waals surface area (Å²) in [4.78, 5) is 11.3. The molecule has 2 aromatic rings. The van der Waals surface area contributed by atoms with Crippen LogP contribution in [0.3, 0.4) is 0 Å². The molecule has 0 radical (unpaired) electrons. The fourth-order valence-electron chi connectivity index (χ4n) is 3.33. The highest BCUT2D eigenvalue weighted by molar-refractivity contribution is 6.99. The van der Waals surface area contributed by atoms with Crippen LogP contribution in [0.5, 0.6) is 0 Å². The second-order valence-electron chi connectivity index (χ2n) is 7.42. The van der Waals surface area contributed by atoms with Crippen LogP contribution in [0, 0.1) is 11.8 Å². The van der Waals surface area contributed by atoms with Gasteiger partial charge in [0.25, 0.3) is 8.32 Å². The van der Waals surface area contributed by atoms with Crippen LogP contribution in [0.1, 0.15) is 27.7 Å². The Labute approximate surface area is 169 Å². The first-order valence-corrected chi connectivity index (χ1v) is 11.3. The van der Waals surface area contributed by atoms with Crippen LogP contribution in [0.15, 0.2) is 72.8 Å². The van der Waals surface area contributed by atoms with E-state index in [0.717, 1.165) is 0 Å². The number of hydrogen-bond acceptors (Lipinski definition) is 3. The highest BCUT2D eigenvalue weighted by atomic mass is 28.4. The van der Waals surface area contributed by atoms with E-state index < -0.39 is 14.3 Å². The van der Waals surface area contributed by atoms with Crippen LogP contribution < -0.4 is 10.4 Å². The van der Waals surface area contributed by atoms with Crippen molar-refractivity contribution in [3.63, 3.8) is 0 Å². The minimum Gasteiger partial charge on any atom is -0.452 e. The SMILES string of the molecule is CC#CC(=O)OC/C=C\CO[Si](c1ccccc1)(c1ccccc1)C(C)(C)C. The number of hydrogen-bond donors (Lipinski definition) is 0. The summed E-state index contributed by atoms with van der Waals surface area (Å²) in [7, 11) is -2.53. The Morgan fingerprint density at radius 3 is 1.89 bits per heavy atom. The molecule has 0 saturated carbocycles. The highest BCUT2D eigenvalue weighted by Gasteiger charge is 2.49. The number of benzene rings is 2. The van der Waals surface area contributed by atoms with Crippen LogP contribution >= 0.6 is 0 Å². The van der Waals surface area contributed by atoms with Gasteiger partial charge in [0.15, 0.2) is 0 Å². The molecule has 0 aliphatic heterocycles. The van der Waals surface area contributed by atoms with Crippen molar-refractivity contribution >= 4 is 24.7 Å². The van der Waals surface area contributed by atoms with Crippen molar-refractivity contribution in [3.8, 4) is 11.8 Å². The summed E-state index contributed by atoms with van der Waals surface area (Å²) in [6.07, 6.45) is 3.71. The van der Waals surface area contributed by atoms with Crippen molar-refractivity contribution < 1.29 is 14.0 Å². The van der Waals surface area contributed by atoms with Gasteiger partial charge in [-0.05, 0) is 28.4 Å². The van der Waals surface area contributed by atoms with Crippen LogP contribution in [-0.2, 0) is 14.0 Å². The molecule has 0 atom stereocenters. The van der Waals surface area contributed by atoms with Gasteiger partial charge in [-0.25, -0.2) is 4.79 Å². The van der Waals surface area contributed by atoms with Crippen molar-refractivity contribution in [1.29, 1.82) is 0 Å². The zero-order valence-corrected chi connectivity index (χ0v) is 18.1. The maximum absolute atomic E-state index is 11.3. The van der Waals surface area contributed by atoms with Crippen LogP contribution in [-0.4, -0.2) is 27.5 Å². The summed E-state index contributed by atoms with van der Waals surface area (Å²) in [5, 5.41) is 2.42. The first-order valence-electron chi connectivity index (χ1n) is 9.41. The lowest BCUT2D eigenvalue weighted by Gasteiger charge is -2.42. The van der Waals surface area contributed by atoms with E-state index in [4.69, 9.17) is 9.16 Å². The third-order valence-corrected chi connectivity index (χ3v) is 9.52. The molecule has 0 unspecified atom stereocenters. The Hall–Kier alpha value is -2.61. The van der Waals surface area contributed by atoms with Gasteiger partial charge in [-0.3, -0.25) is 0 Å². The van der Waals surface area contributed by atoms with E-state index in [1.807, 2.05) is 18.2 Å². The maximum atomic E-state index is 11.3. The lowest BCUT2D eigenvalue weighted by molar-refractivity contribution is -0.135. The van der Waals surface area contributed by atoms with Crippen molar-refractivity contribution in [2.24, 2.45) is 0 Å². The van der Waals surface area contributed by atoms with Gasteiger partial charge in [0.1, 0.15) is 6.61 Å². The third kappa shape index (κ3) is 5.22. The predicted molar refractivity (Wildman–Crippen MR) is 117 cm³/mol. The molecule has 0 aliphatic rings. The summed E-state index contributed by atoms with van der Waals surface area (Å²) in [6.45, 7) is 8.98. The van der Waals surface area contributed by atoms with Crippen LogP contribution in [0.2, 0.25) is 5.04 Å².